The van der Waals surface area contributed by atoms with Crippen molar-refractivity contribution < 1.29 is 32.7 Å². The number of carboxylic acids is 1. The van der Waals surface area contributed by atoms with Gasteiger partial charge in [0.15, 0.2) is 0 Å². The minimum Gasteiger partial charge on any atom is -0.480 e. The molecule has 2 rings (SSSR count). The van der Waals surface area contributed by atoms with Crippen LogP contribution in [0, 0.1) is 11.8 Å². The summed E-state index contributed by atoms with van der Waals surface area (Å²) in [6, 6.07) is 6.11. The largest absolute Gasteiger partial charge is 0.480 e. The number of alkyl halides is 3. The molecule has 3 N–H and O–H groups in total. The second-order valence-electron chi connectivity index (χ2n) is 6.57. The van der Waals surface area contributed by atoms with Gasteiger partial charge in [0, 0.05) is 11.6 Å². The average molecular weight is 386 g/mol. The Bertz CT molecular complexity index is 689. The second-order valence-corrected chi connectivity index (χ2v) is 6.57. The van der Waals surface area contributed by atoms with Crippen molar-refractivity contribution in [3.63, 3.8) is 0 Å². The lowest BCUT2D eigenvalue weighted by Gasteiger charge is -2.32. The summed E-state index contributed by atoms with van der Waals surface area (Å²) >= 11 is 0. The van der Waals surface area contributed by atoms with Gasteiger partial charge in [-0.05, 0) is 30.5 Å². The van der Waals surface area contributed by atoms with Gasteiger partial charge in [0.25, 0.3) is 0 Å². The van der Waals surface area contributed by atoms with Gasteiger partial charge in [-0.2, -0.15) is 13.2 Å². The Kier molecular flexibility index (Phi) is 6.81. The Balaban J connectivity index is 1.94. The van der Waals surface area contributed by atoms with E-state index in [0.717, 1.165) is 0 Å². The zero-order valence-electron chi connectivity index (χ0n) is 14.5. The zero-order valence-corrected chi connectivity index (χ0v) is 14.5. The average Bonchev–Trinajstić information content (AvgIpc) is 2.61. The number of carboxylic acid groups (broad SMARTS) is 1. The maximum absolute atomic E-state index is 13.1. The number of hydrogen-bond acceptors (Lipinski definition) is 3. The van der Waals surface area contributed by atoms with E-state index in [2.05, 4.69) is 10.6 Å². The van der Waals surface area contributed by atoms with Crippen LogP contribution in [-0.4, -0.2) is 35.6 Å². The second kappa shape index (κ2) is 8.88. The third-order valence-electron chi connectivity index (χ3n) is 4.55. The first kappa shape index (κ1) is 20.7. The van der Waals surface area contributed by atoms with Crippen molar-refractivity contribution in [1.82, 2.24) is 5.32 Å². The van der Waals surface area contributed by atoms with Gasteiger partial charge in [0.1, 0.15) is 6.54 Å². The minimum atomic E-state index is -4.39. The summed E-state index contributed by atoms with van der Waals surface area (Å²) in [5, 5.41) is 13.2. The van der Waals surface area contributed by atoms with Crippen molar-refractivity contribution in [3.8, 4) is 0 Å². The fraction of sp³-hybridized carbons (Fsp3) is 0.500. The van der Waals surface area contributed by atoms with Gasteiger partial charge in [-0.15, -0.1) is 0 Å². The van der Waals surface area contributed by atoms with E-state index < -0.39 is 42.3 Å². The highest BCUT2D eigenvalue weighted by atomic mass is 19.4. The summed E-state index contributed by atoms with van der Waals surface area (Å²) in [5.74, 6) is -4.99. The molecule has 0 saturated heterocycles. The highest BCUT2D eigenvalue weighted by Crippen LogP contribution is 2.41. The van der Waals surface area contributed by atoms with Crippen LogP contribution >= 0.6 is 0 Å². The smallest absolute Gasteiger partial charge is 0.392 e. The number of amides is 2. The molecule has 0 aromatic heterocycles. The molecular formula is C18H21F3N2O4. The molecule has 1 aromatic carbocycles. The molecule has 0 heterocycles. The fourth-order valence-electron chi connectivity index (χ4n) is 3.20. The number of carbonyl (C=O) groups excluding carboxylic acids is 2. The molecule has 0 spiro atoms. The quantitative estimate of drug-likeness (QED) is 0.701. The predicted octanol–water partition coefficient (Wildman–Crippen LogP) is 2.74. The molecule has 2 amide bonds. The van der Waals surface area contributed by atoms with Crippen LogP contribution in [0.5, 0.6) is 0 Å². The molecule has 6 nitrogen and oxygen atoms in total. The Morgan fingerprint density at radius 2 is 1.70 bits per heavy atom. The van der Waals surface area contributed by atoms with Crippen LogP contribution in [0.25, 0.3) is 0 Å². The molecule has 9 heteroatoms. The van der Waals surface area contributed by atoms with Crippen molar-refractivity contribution in [1.29, 1.82) is 0 Å². The highest BCUT2D eigenvalue weighted by Gasteiger charge is 2.48. The molecule has 0 aliphatic heterocycles. The number of rotatable bonds is 6. The Labute approximate surface area is 154 Å². The van der Waals surface area contributed by atoms with E-state index in [-0.39, 0.29) is 19.3 Å². The van der Waals surface area contributed by atoms with Crippen LogP contribution in [0.3, 0.4) is 0 Å². The molecule has 148 valence electrons. The van der Waals surface area contributed by atoms with Gasteiger partial charge in [0.2, 0.25) is 11.8 Å². The predicted molar refractivity (Wildman–Crippen MR) is 90.9 cm³/mol. The number of benzene rings is 1. The number of nitrogens with one attached hydrogen (secondary N) is 2. The van der Waals surface area contributed by atoms with Crippen LogP contribution < -0.4 is 10.6 Å². The summed E-state index contributed by atoms with van der Waals surface area (Å²) in [7, 11) is 0. The van der Waals surface area contributed by atoms with E-state index in [1.54, 1.807) is 12.1 Å². The molecule has 0 bridgehead atoms. The van der Waals surface area contributed by atoms with Gasteiger partial charge >= 0.3 is 12.1 Å². The van der Waals surface area contributed by atoms with E-state index in [1.165, 1.54) is 12.1 Å². The molecule has 1 aliphatic rings. The molecule has 1 fully saturated rings. The van der Waals surface area contributed by atoms with Gasteiger partial charge in [-0.1, -0.05) is 25.0 Å². The van der Waals surface area contributed by atoms with Crippen LogP contribution in [0.1, 0.15) is 31.2 Å². The molecule has 27 heavy (non-hydrogen) atoms. The maximum atomic E-state index is 13.1. The van der Waals surface area contributed by atoms with Gasteiger partial charge in [-0.3, -0.25) is 14.4 Å². The zero-order chi connectivity index (χ0) is 20.0. The first-order valence-electron chi connectivity index (χ1n) is 8.62. The van der Waals surface area contributed by atoms with Crippen molar-refractivity contribution in [3.05, 3.63) is 29.8 Å². The summed E-state index contributed by atoms with van der Waals surface area (Å²) < 4.78 is 39.4. The van der Waals surface area contributed by atoms with Gasteiger partial charge in [0.05, 0.1) is 12.3 Å². The normalized spacial score (nSPS) is 20.0. The van der Waals surface area contributed by atoms with E-state index >= 15 is 0 Å². The summed E-state index contributed by atoms with van der Waals surface area (Å²) in [6.07, 6.45) is -3.21. The Hall–Kier alpha value is -2.58. The van der Waals surface area contributed by atoms with Gasteiger partial charge in [-0.25, -0.2) is 0 Å². The topological polar surface area (TPSA) is 95.5 Å². The number of anilines is 1. The van der Waals surface area contributed by atoms with E-state index in [9.17, 15) is 27.6 Å². The minimum absolute atomic E-state index is 0.0357. The van der Waals surface area contributed by atoms with Crippen molar-refractivity contribution >= 4 is 23.5 Å². The number of hydrogen-bond donors (Lipinski definition) is 3. The van der Waals surface area contributed by atoms with E-state index in [4.69, 9.17) is 5.11 Å². The molecule has 2 atom stereocenters. The molecule has 0 radical (unpaired) electrons. The molecular weight excluding hydrogens is 365 g/mol. The lowest BCUT2D eigenvalue weighted by molar-refractivity contribution is -0.197. The first-order chi connectivity index (χ1) is 12.7. The first-order valence-corrected chi connectivity index (χ1v) is 8.62. The SMILES string of the molecule is O=C(O)CNC(=O)Cc1ccc(NC(=O)C2CCCCC2C(F)(F)F)cc1. The van der Waals surface area contributed by atoms with Crippen LogP contribution in [0.2, 0.25) is 0 Å². The third kappa shape index (κ3) is 6.26. The Morgan fingerprint density at radius 3 is 2.30 bits per heavy atom. The fourth-order valence-corrected chi connectivity index (χ4v) is 3.20. The number of aliphatic carboxylic acids is 1. The van der Waals surface area contributed by atoms with Crippen molar-refractivity contribution in [2.45, 2.75) is 38.3 Å². The molecule has 1 aliphatic carbocycles. The summed E-state index contributed by atoms with van der Waals surface area (Å²) in [6.45, 7) is -0.477. The van der Waals surface area contributed by atoms with Crippen LogP contribution in [0.4, 0.5) is 18.9 Å². The maximum Gasteiger partial charge on any atom is 0.392 e. The van der Waals surface area contributed by atoms with Crippen LogP contribution in [0.15, 0.2) is 24.3 Å². The molecule has 2 unspecified atom stereocenters. The lowest BCUT2D eigenvalue weighted by Crippen LogP contribution is -2.39. The van der Waals surface area contributed by atoms with Crippen LogP contribution in [-0.2, 0) is 20.8 Å². The summed E-state index contributed by atoms with van der Waals surface area (Å²) in [5.41, 5.74) is 0.933. The van der Waals surface area contributed by atoms with E-state index in [1.807, 2.05) is 0 Å². The van der Waals surface area contributed by atoms with Crippen molar-refractivity contribution in [2.24, 2.45) is 11.8 Å². The molecule has 1 saturated carbocycles. The molecule has 1 aromatic rings. The third-order valence-corrected chi connectivity index (χ3v) is 4.55. The van der Waals surface area contributed by atoms with Gasteiger partial charge < -0.3 is 15.7 Å². The monoisotopic (exact) mass is 386 g/mol. The Morgan fingerprint density at radius 1 is 1.07 bits per heavy atom. The van der Waals surface area contributed by atoms with E-state index in [0.29, 0.717) is 24.1 Å². The highest BCUT2D eigenvalue weighted by molar-refractivity contribution is 5.93. The lowest BCUT2D eigenvalue weighted by atomic mass is 9.78. The number of carbonyl (C=O) groups is 3. The standard InChI is InChI=1S/C18H21F3N2O4/c19-18(20,21)14-4-2-1-3-13(14)17(27)23-12-7-5-11(6-8-12)9-15(24)22-10-16(25)26/h5-8,13-14H,1-4,9-10H2,(H,22,24)(H,23,27)(H,25,26). The summed E-state index contributed by atoms with van der Waals surface area (Å²) in [4.78, 5) is 34.3. The van der Waals surface area contributed by atoms with Crippen molar-refractivity contribution in [2.75, 3.05) is 11.9 Å². The number of halogens is 3.